The molecule has 0 spiro atoms. The number of aliphatic hydroxyl groups is 1. The summed E-state index contributed by atoms with van der Waals surface area (Å²) in [7, 11) is 0. The molecule has 22 heavy (non-hydrogen) atoms. The Morgan fingerprint density at radius 2 is 1.55 bits per heavy atom. The van der Waals surface area contributed by atoms with Gasteiger partial charge in [0.2, 0.25) is 5.91 Å². The summed E-state index contributed by atoms with van der Waals surface area (Å²) < 4.78 is 0. The minimum Gasteiger partial charge on any atom is -0.384 e. The molecule has 0 bridgehead atoms. The Hall–Kier alpha value is -1.88. The molecule has 0 radical (unpaired) electrons. The second kappa shape index (κ2) is 7.40. The Balaban J connectivity index is 1.85. The van der Waals surface area contributed by atoms with Gasteiger partial charge in [-0.15, -0.1) is 0 Å². The van der Waals surface area contributed by atoms with Crippen LogP contribution >= 0.6 is 0 Å². The lowest BCUT2D eigenvalue weighted by atomic mass is 10.1. The summed E-state index contributed by atoms with van der Waals surface area (Å²) in [6.07, 6.45) is 0.418. The summed E-state index contributed by atoms with van der Waals surface area (Å²) in [5.41, 5.74) is 2.28. The molecule has 1 aliphatic heterocycles. The zero-order valence-corrected chi connectivity index (χ0v) is 13.3. The Bertz CT molecular complexity index is 517. The average molecular weight is 304 g/mol. The van der Waals surface area contributed by atoms with Crippen LogP contribution in [0.1, 0.15) is 25.0 Å². The normalized spacial score (nSPS) is 16.5. The van der Waals surface area contributed by atoms with E-state index in [2.05, 4.69) is 19.1 Å². The number of aliphatic hydroxyl groups excluding tert-OH is 1. The summed E-state index contributed by atoms with van der Waals surface area (Å²) in [5, 5.41) is 9.31. The summed E-state index contributed by atoms with van der Waals surface area (Å²) in [6, 6.07) is 8.12. The molecular formula is C17H24N2O3. The van der Waals surface area contributed by atoms with Crippen LogP contribution in [-0.2, 0) is 22.4 Å². The van der Waals surface area contributed by atoms with Crippen molar-refractivity contribution < 1.29 is 14.7 Å². The molecule has 0 saturated carbocycles. The predicted octanol–water partition coefficient (Wildman–Crippen LogP) is 0.843. The SMILES string of the molecule is CCc1ccc(CC(=O)N2CCN(C(=O)C(C)O)CC2)cc1. The van der Waals surface area contributed by atoms with Gasteiger partial charge in [0.1, 0.15) is 6.10 Å². The van der Waals surface area contributed by atoms with Crippen LogP contribution in [0.5, 0.6) is 0 Å². The minimum atomic E-state index is -0.973. The summed E-state index contributed by atoms with van der Waals surface area (Å²) in [6.45, 7) is 5.62. The third kappa shape index (κ3) is 4.07. The molecular weight excluding hydrogens is 280 g/mol. The molecule has 1 aromatic carbocycles. The number of aryl methyl sites for hydroxylation is 1. The van der Waals surface area contributed by atoms with Crippen molar-refractivity contribution in [1.29, 1.82) is 0 Å². The highest BCUT2D eigenvalue weighted by Gasteiger charge is 2.25. The van der Waals surface area contributed by atoms with E-state index in [-0.39, 0.29) is 11.8 Å². The van der Waals surface area contributed by atoms with Gasteiger partial charge in [0, 0.05) is 26.2 Å². The van der Waals surface area contributed by atoms with Crippen LogP contribution in [0.3, 0.4) is 0 Å². The quantitative estimate of drug-likeness (QED) is 0.897. The number of hydrogen-bond donors (Lipinski definition) is 1. The molecule has 1 N–H and O–H groups in total. The van der Waals surface area contributed by atoms with Crippen LogP contribution in [0.25, 0.3) is 0 Å². The van der Waals surface area contributed by atoms with Crippen LogP contribution in [0.15, 0.2) is 24.3 Å². The van der Waals surface area contributed by atoms with Crippen molar-refractivity contribution in [3.8, 4) is 0 Å². The Kier molecular flexibility index (Phi) is 5.55. The zero-order valence-electron chi connectivity index (χ0n) is 13.3. The van der Waals surface area contributed by atoms with Crippen molar-refractivity contribution in [2.75, 3.05) is 26.2 Å². The standard InChI is InChI=1S/C17H24N2O3/c1-3-14-4-6-15(7-5-14)12-16(21)18-8-10-19(11-9-18)17(22)13(2)20/h4-7,13,20H,3,8-12H2,1-2H3. The maximum absolute atomic E-state index is 12.3. The highest BCUT2D eigenvalue weighted by atomic mass is 16.3. The first kappa shape index (κ1) is 16.5. The first-order valence-electron chi connectivity index (χ1n) is 7.83. The van der Waals surface area contributed by atoms with Gasteiger partial charge in [0.05, 0.1) is 6.42 Å². The molecule has 0 aliphatic carbocycles. The number of piperazine rings is 1. The third-order valence-electron chi connectivity index (χ3n) is 4.09. The molecule has 0 aromatic heterocycles. The van der Waals surface area contributed by atoms with Gasteiger partial charge in [-0.2, -0.15) is 0 Å². The van der Waals surface area contributed by atoms with E-state index in [1.54, 1.807) is 9.80 Å². The number of benzene rings is 1. The molecule has 120 valence electrons. The topological polar surface area (TPSA) is 60.9 Å². The van der Waals surface area contributed by atoms with E-state index in [9.17, 15) is 14.7 Å². The van der Waals surface area contributed by atoms with Crippen LogP contribution in [0.2, 0.25) is 0 Å². The van der Waals surface area contributed by atoms with Crippen molar-refractivity contribution in [3.63, 3.8) is 0 Å². The largest absolute Gasteiger partial charge is 0.384 e. The third-order valence-corrected chi connectivity index (χ3v) is 4.09. The van der Waals surface area contributed by atoms with Crippen molar-refractivity contribution in [2.45, 2.75) is 32.8 Å². The average Bonchev–Trinajstić information content (AvgIpc) is 2.55. The van der Waals surface area contributed by atoms with E-state index in [1.165, 1.54) is 12.5 Å². The lowest BCUT2D eigenvalue weighted by molar-refractivity contribution is -0.144. The number of hydrogen-bond acceptors (Lipinski definition) is 3. The zero-order chi connectivity index (χ0) is 16.1. The van der Waals surface area contributed by atoms with Crippen LogP contribution < -0.4 is 0 Å². The van der Waals surface area contributed by atoms with Gasteiger partial charge >= 0.3 is 0 Å². The second-order valence-corrected chi connectivity index (χ2v) is 5.73. The molecule has 1 aromatic rings. The molecule has 1 atom stereocenters. The van der Waals surface area contributed by atoms with E-state index in [0.29, 0.717) is 32.6 Å². The lowest BCUT2D eigenvalue weighted by Gasteiger charge is -2.35. The van der Waals surface area contributed by atoms with Crippen LogP contribution in [-0.4, -0.2) is 59.0 Å². The van der Waals surface area contributed by atoms with Crippen molar-refractivity contribution in [3.05, 3.63) is 35.4 Å². The van der Waals surface area contributed by atoms with Crippen molar-refractivity contribution >= 4 is 11.8 Å². The predicted molar refractivity (Wildman–Crippen MR) is 84.4 cm³/mol. The number of nitrogens with zero attached hydrogens (tertiary/aromatic N) is 2. The molecule has 1 unspecified atom stereocenters. The summed E-state index contributed by atoms with van der Waals surface area (Å²) >= 11 is 0. The highest BCUT2D eigenvalue weighted by Crippen LogP contribution is 2.10. The maximum atomic E-state index is 12.3. The number of carbonyl (C=O) groups is 2. The monoisotopic (exact) mass is 304 g/mol. The van der Waals surface area contributed by atoms with Gasteiger partial charge < -0.3 is 14.9 Å². The molecule has 1 fully saturated rings. The molecule has 5 nitrogen and oxygen atoms in total. The fourth-order valence-corrected chi connectivity index (χ4v) is 2.62. The van der Waals surface area contributed by atoms with Crippen molar-refractivity contribution in [1.82, 2.24) is 9.80 Å². The van der Waals surface area contributed by atoms with E-state index >= 15 is 0 Å². The van der Waals surface area contributed by atoms with E-state index in [4.69, 9.17) is 0 Å². The van der Waals surface area contributed by atoms with Gasteiger partial charge in [-0.1, -0.05) is 31.2 Å². The highest BCUT2D eigenvalue weighted by molar-refractivity contribution is 5.81. The number of rotatable bonds is 4. The molecule has 1 saturated heterocycles. The number of amides is 2. The first-order chi connectivity index (χ1) is 10.5. The van der Waals surface area contributed by atoms with Crippen LogP contribution in [0, 0.1) is 0 Å². The van der Waals surface area contributed by atoms with E-state index in [1.807, 2.05) is 12.1 Å². The minimum absolute atomic E-state index is 0.0911. The van der Waals surface area contributed by atoms with Gasteiger partial charge in [-0.05, 0) is 24.5 Å². The van der Waals surface area contributed by atoms with Gasteiger partial charge in [-0.3, -0.25) is 9.59 Å². The fraction of sp³-hybridized carbons (Fsp3) is 0.529. The molecule has 2 rings (SSSR count). The smallest absolute Gasteiger partial charge is 0.251 e. The fourth-order valence-electron chi connectivity index (χ4n) is 2.62. The van der Waals surface area contributed by atoms with Gasteiger partial charge in [0.25, 0.3) is 5.91 Å². The van der Waals surface area contributed by atoms with Crippen LogP contribution in [0.4, 0.5) is 0 Å². The summed E-state index contributed by atoms with van der Waals surface area (Å²) in [5.74, 6) is -0.171. The van der Waals surface area contributed by atoms with Gasteiger partial charge in [0.15, 0.2) is 0 Å². The van der Waals surface area contributed by atoms with Gasteiger partial charge in [-0.25, -0.2) is 0 Å². The van der Waals surface area contributed by atoms with E-state index in [0.717, 1.165) is 12.0 Å². The Labute approximate surface area is 131 Å². The summed E-state index contributed by atoms with van der Waals surface area (Å²) in [4.78, 5) is 27.4. The lowest BCUT2D eigenvalue weighted by Crippen LogP contribution is -2.52. The first-order valence-corrected chi connectivity index (χ1v) is 7.83. The maximum Gasteiger partial charge on any atom is 0.251 e. The molecule has 1 aliphatic rings. The van der Waals surface area contributed by atoms with E-state index < -0.39 is 6.10 Å². The molecule has 5 heteroatoms. The molecule has 1 heterocycles. The second-order valence-electron chi connectivity index (χ2n) is 5.73. The molecule has 2 amide bonds. The number of carbonyl (C=O) groups excluding carboxylic acids is 2. The Morgan fingerprint density at radius 3 is 2.05 bits per heavy atom. The van der Waals surface area contributed by atoms with Crippen molar-refractivity contribution in [2.24, 2.45) is 0 Å². The Morgan fingerprint density at radius 1 is 1.05 bits per heavy atom.